The molecule has 5 heteroatoms. The average molecular weight is 333 g/mol. The van der Waals surface area contributed by atoms with Gasteiger partial charge < -0.3 is 10.1 Å². The Morgan fingerprint density at radius 2 is 2.00 bits per heavy atom. The lowest BCUT2D eigenvalue weighted by Gasteiger charge is -2.14. The number of nitrogens with one attached hydrogen (secondary N) is 1. The second-order valence-corrected chi connectivity index (χ2v) is 6.13. The van der Waals surface area contributed by atoms with Crippen LogP contribution in [0.3, 0.4) is 0 Å². The predicted octanol–water partition coefficient (Wildman–Crippen LogP) is 3.94. The van der Waals surface area contributed by atoms with Gasteiger partial charge in [0.05, 0.1) is 18.9 Å². The largest absolute Gasteiger partial charge is 0.496 e. The van der Waals surface area contributed by atoms with Gasteiger partial charge in [0, 0.05) is 11.3 Å². The maximum atomic E-state index is 13.3. The number of carbonyl (C=O) groups is 1. The van der Waals surface area contributed by atoms with E-state index in [-0.39, 0.29) is 17.8 Å². The molecule has 1 atom stereocenters. The number of amides is 1. The molecule has 0 radical (unpaired) electrons. The van der Waals surface area contributed by atoms with Crippen molar-refractivity contribution in [3.05, 3.63) is 65.5 Å². The van der Waals surface area contributed by atoms with E-state index in [1.165, 1.54) is 23.9 Å². The van der Waals surface area contributed by atoms with E-state index in [2.05, 4.69) is 5.32 Å². The molecule has 1 amide bonds. The van der Waals surface area contributed by atoms with E-state index in [1.54, 1.807) is 13.2 Å². The summed E-state index contributed by atoms with van der Waals surface area (Å²) < 4.78 is 18.5. The summed E-state index contributed by atoms with van der Waals surface area (Å²) in [6, 6.07) is 14.2. The first-order valence-corrected chi connectivity index (χ1v) is 8.50. The van der Waals surface area contributed by atoms with Crippen LogP contribution in [-0.4, -0.2) is 18.8 Å². The summed E-state index contributed by atoms with van der Waals surface area (Å²) >= 11 is 1.43. The minimum atomic E-state index is -0.302. The third-order valence-electron chi connectivity index (χ3n) is 3.41. The summed E-state index contributed by atoms with van der Waals surface area (Å²) in [6.45, 7) is 1.95. The topological polar surface area (TPSA) is 38.3 Å². The molecule has 0 fully saturated rings. The first-order valence-electron chi connectivity index (χ1n) is 7.34. The van der Waals surface area contributed by atoms with Crippen LogP contribution in [0.5, 0.6) is 5.75 Å². The van der Waals surface area contributed by atoms with Crippen LogP contribution < -0.4 is 10.1 Å². The zero-order chi connectivity index (χ0) is 16.7. The van der Waals surface area contributed by atoms with Crippen molar-refractivity contribution in [3.8, 4) is 5.75 Å². The van der Waals surface area contributed by atoms with Gasteiger partial charge in [0.15, 0.2) is 0 Å². The van der Waals surface area contributed by atoms with Gasteiger partial charge in [-0.25, -0.2) is 4.39 Å². The number of hydrogen-bond donors (Lipinski definition) is 1. The molecule has 0 aliphatic heterocycles. The highest BCUT2D eigenvalue weighted by atomic mass is 32.2. The summed E-state index contributed by atoms with van der Waals surface area (Å²) in [6.07, 6.45) is 0. The number of methoxy groups -OCH3 is 1. The van der Waals surface area contributed by atoms with E-state index in [0.717, 1.165) is 11.1 Å². The average Bonchev–Trinajstić information content (AvgIpc) is 2.56. The van der Waals surface area contributed by atoms with E-state index in [1.807, 2.05) is 37.3 Å². The second kappa shape index (κ2) is 8.58. The number of carbonyl (C=O) groups excluding carboxylic acids is 1. The normalized spacial score (nSPS) is 11.8. The van der Waals surface area contributed by atoms with Gasteiger partial charge >= 0.3 is 0 Å². The van der Waals surface area contributed by atoms with Crippen molar-refractivity contribution in [1.82, 2.24) is 5.32 Å². The molecule has 2 aromatic rings. The Labute approximate surface area is 140 Å². The van der Waals surface area contributed by atoms with Crippen molar-refractivity contribution in [2.75, 3.05) is 12.9 Å². The Hall–Kier alpha value is -2.01. The molecule has 0 saturated carbocycles. The standard InChI is InChI=1S/C18H20FNO2S/c1-13(14-6-4-3-5-7-14)20-18(21)12-23-11-15-10-16(19)8-9-17(15)22-2/h3-10,13H,11-12H2,1-2H3,(H,20,21). The smallest absolute Gasteiger partial charge is 0.230 e. The van der Waals surface area contributed by atoms with E-state index in [4.69, 9.17) is 4.74 Å². The Morgan fingerprint density at radius 1 is 1.26 bits per heavy atom. The molecule has 0 aromatic heterocycles. The number of halogens is 1. The van der Waals surface area contributed by atoms with E-state index >= 15 is 0 Å². The molecule has 0 saturated heterocycles. The van der Waals surface area contributed by atoms with Crippen LogP contribution in [0.2, 0.25) is 0 Å². The summed E-state index contributed by atoms with van der Waals surface area (Å²) in [4.78, 5) is 12.0. The van der Waals surface area contributed by atoms with Gasteiger partial charge in [-0.2, -0.15) is 0 Å². The highest BCUT2D eigenvalue weighted by molar-refractivity contribution is 7.99. The molecule has 1 N–H and O–H groups in total. The summed E-state index contributed by atoms with van der Waals surface area (Å²) in [5.74, 6) is 1.13. The Bertz CT molecular complexity index is 649. The van der Waals surface area contributed by atoms with Crippen LogP contribution in [0.4, 0.5) is 4.39 Å². The highest BCUT2D eigenvalue weighted by Gasteiger charge is 2.10. The van der Waals surface area contributed by atoms with Crippen LogP contribution in [0.15, 0.2) is 48.5 Å². The molecule has 1 unspecified atom stereocenters. The first kappa shape index (κ1) is 17.3. The van der Waals surface area contributed by atoms with E-state index < -0.39 is 0 Å². The van der Waals surface area contributed by atoms with Crippen molar-refractivity contribution in [3.63, 3.8) is 0 Å². The van der Waals surface area contributed by atoms with Gasteiger partial charge in [-0.15, -0.1) is 11.8 Å². The molecular formula is C18H20FNO2S. The highest BCUT2D eigenvalue weighted by Crippen LogP contribution is 2.24. The Kier molecular flexibility index (Phi) is 6.47. The lowest BCUT2D eigenvalue weighted by molar-refractivity contribution is -0.119. The summed E-state index contributed by atoms with van der Waals surface area (Å²) in [5, 5.41) is 2.96. The van der Waals surface area contributed by atoms with Gasteiger partial charge in [0.2, 0.25) is 5.91 Å². The Morgan fingerprint density at radius 3 is 2.70 bits per heavy atom. The predicted molar refractivity (Wildman–Crippen MR) is 92.1 cm³/mol. The zero-order valence-corrected chi connectivity index (χ0v) is 14.0. The number of ether oxygens (including phenoxy) is 1. The monoisotopic (exact) mass is 333 g/mol. The zero-order valence-electron chi connectivity index (χ0n) is 13.2. The molecule has 0 spiro atoms. The fraction of sp³-hybridized carbons (Fsp3) is 0.278. The fourth-order valence-corrected chi connectivity index (χ4v) is 3.04. The van der Waals surface area contributed by atoms with Gasteiger partial charge in [0.25, 0.3) is 0 Å². The lowest BCUT2D eigenvalue weighted by Crippen LogP contribution is -2.28. The first-order chi connectivity index (χ1) is 11.1. The molecule has 2 aromatic carbocycles. The van der Waals surface area contributed by atoms with Crippen LogP contribution in [0, 0.1) is 5.82 Å². The van der Waals surface area contributed by atoms with Crippen LogP contribution in [0.25, 0.3) is 0 Å². The molecule has 0 aliphatic carbocycles. The summed E-state index contributed by atoms with van der Waals surface area (Å²) in [5.41, 5.74) is 1.82. The number of benzene rings is 2. The summed E-state index contributed by atoms with van der Waals surface area (Å²) in [7, 11) is 1.55. The molecule has 0 heterocycles. The van der Waals surface area contributed by atoms with Crippen molar-refractivity contribution >= 4 is 17.7 Å². The Balaban J connectivity index is 1.82. The molecular weight excluding hydrogens is 313 g/mol. The third kappa shape index (κ3) is 5.28. The van der Waals surface area contributed by atoms with Crippen LogP contribution >= 0.6 is 11.8 Å². The lowest BCUT2D eigenvalue weighted by atomic mass is 10.1. The van der Waals surface area contributed by atoms with E-state index in [0.29, 0.717) is 17.3 Å². The molecule has 2 rings (SSSR count). The maximum absolute atomic E-state index is 13.3. The number of hydrogen-bond acceptors (Lipinski definition) is 3. The minimum Gasteiger partial charge on any atom is -0.496 e. The number of thioether (sulfide) groups is 1. The van der Waals surface area contributed by atoms with E-state index in [9.17, 15) is 9.18 Å². The van der Waals surface area contributed by atoms with Crippen LogP contribution in [-0.2, 0) is 10.5 Å². The van der Waals surface area contributed by atoms with Crippen molar-refractivity contribution in [1.29, 1.82) is 0 Å². The van der Waals surface area contributed by atoms with Crippen molar-refractivity contribution in [2.45, 2.75) is 18.7 Å². The van der Waals surface area contributed by atoms with Gasteiger partial charge in [-0.05, 0) is 30.7 Å². The SMILES string of the molecule is COc1ccc(F)cc1CSCC(=O)NC(C)c1ccccc1. The van der Waals surface area contributed by atoms with Gasteiger partial charge in [0.1, 0.15) is 11.6 Å². The van der Waals surface area contributed by atoms with Crippen molar-refractivity contribution < 1.29 is 13.9 Å². The molecule has 0 aliphatic rings. The second-order valence-electron chi connectivity index (χ2n) is 5.15. The van der Waals surface area contributed by atoms with Gasteiger partial charge in [-0.1, -0.05) is 30.3 Å². The molecule has 3 nitrogen and oxygen atoms in total. The number of rotatable bonds is 7. The minimum absolute atomic E-state index is 0.0343. The van der Waals surface area contributed by atoms with Crippen LogP contribution in [0.1, 0.15) is 24.1 Å². The van der Waals surface area contributed by atoms with Crippen molar-refractivity contribution in [2.24, 2.45) is 0 Å². The third-order valence-corrected chi connectivity index (χ3v) is 4.39. The maximum Gasteiger partial charge on any atom is 0.230 e. The molecule has 0 bridgehead atoms. The molecule has 23 heavy (non-hydrogen) atoms. The quantitative estimate of drug-likeness (QED) is 0.834. The molecule has 122 valence electrons. The van der Waals surface area contributed by atoms with Gasteiger partial charge in [-0.3, -0.25) is 4.79 Å². The fourth-order valence-electron chi connectivity index (χ4n) is 2.22.